The number of hydrogen-bond acceptors (Lipinski definition) is 2. The van der Waals surface area contributed by atoms with Crippen LogP contribution >= 0.6 is 15.9 Å². The second-order valence-corrected chi connectivity index (χ2v) is 6.16. The summed E-state index contributed by atoms with van der Waals surface area (Å²) in [7, 11) is 0. The maximum atomic E-state index is 12.0. The second-order valence-electron chi connectivity index (χ2n) is 5.25. The monoisotopic (exact) mass is 369 g/mol. The van der Waals surface area contributed by atoms with E-state index >= 15 is 0 Å². The lowest BCUT2D eigenvalue weighted by Crippen LogP contribution is -2.24. The molecule has 0 aliphatic heterocycles. The summed E-state index contributed by atoms with van der Waals surface area (Å²) < 4.78 is 1.01. The van der Waals surface area contributed by atoms with Gasteiger partial charge >= 0.3 is 0 Å². The number of aromatic nitrogens is 2. The molecule has 1 amide bonds. The molecule has 0 saturated carbocycles. The van der Waals surface area contributed by atoms with E-state index in [0.29, 0.717) is 13.0 Å². The van der Waals surface area contributed by atoms with Gasteiger partial charge in [0.25, 0.3) is 0 Å². The van der Waals surface area contributed by atoms with Crippen LogP contribution in [-0.4, -0.2) is 16.1 Å². The van der Waals surface area contributed by atoms with Gasteiger partial charge in [0.2, 0.25) is 5.91 Å². The van der Waals surface area contributed by atoms with Crippen LogP contribution in [0, 0.1) is 0 Å². The molecule has 0 bridgehead atoms. The zero-order chi connectivity index (χ0) is 16.1. The van der Waals surface area contributed by atoms with Crippen LogP contribution in [-0.2, 0) is 17.8 Å². The van der Waals surface area contributed by atoms with E-state index in [1.54, 1.807) is 6.20 Å². The molecule has 2 N–H and O–H groups in total. The zero-order valence-electron chi connectivity index (χ0n) is 12.4. The van der Waals surface area contributed by atoms with Crippen molar-refractivity contribution in [2.75, 3.05) is 0 Å². The van der Waals surface area contributed by atoms with Gasteiger partial charge in [0, 0.05) is 17.2 Å². The first kappa shape index (κ1) is 15.5. The van der Waals surface area contributed by atoms with Crippen molar-refractivity contribution in [1.82, 2.24) is 15.5 Å². The molecule has 5 heteroatoms. The molecule has 116 valence electrons. The van der Waals surface area contributed by atoms with Gasteiger partial charge < -0.3 is 5.32 Å². The Labute approximate surface area is 143 Å². The molecule has 0 atom stereocenters. The summed E-state index contributed by atoms with van der Waals surface area (Å²) in [5.74, 6) is 0.0185. The van der Waals surface area contributed by atoms with E-state index in [4.69, 9.17) is 0 Å². The molecule has 23 heavy (non-hydrogen) atoms. The number of carbonyl (C=O) groups excluding carboxylic acids is 1. The predicted molar refractivity (Wildman–Crippen MR) is 93.7 cm³/mol. The van der Waals surface area contributed by atoms with Gasteiger partial charge in [0.15, 0.2) is 0 Å². The minimum absolute atomic E-state index is 0.0185. The molecule has 0 spiro atoms. The summed E-state index contributed by atoms with van der Waals surface area (Å²) in [6.45, 7) is 0.526. The number of nitrogens with zero attached hydrogens (tertiary/aromatic N) is 1. The van der Waals surface area contributed by atoms with E-state index < -0.39 is 0 Å². The Hall–Kier alpha value is -2.40. The number of amides is 1. The first-order valence-electron chi connectivity index (χ1n) is 7.30. The molecule has 0 aliphatic rings. The maximum absolute atomic E-state index is 12.0. The number of benzene rings is 2. The molecular weight excluding hydrogens is 354 g/mol. The Morgan fingerprint density at radius 3 is 2.35 bits per heavy atom. The molecule has 4 nitrogen and oxygen atoms in total. The summed E-state index contributed by atoms with van der Waals surface area (Å²) in [5, 5.41) is 9.82. The number of rotatable bonds is 5. The largest absolute Gasteiger partial charge is 0.352 e. The van der Waals surface area contributed by atoms with Gasteiger partial charge in [-0.2, -0.15) is 5.10 Å². The average molecular weight is 370 g/mol. The molecule has 3 rings (SSSR count). The minimum Gasteiger partial charge on any atom is -0.352 e. The van der Waals surface area contributed by atoms with Crippen molar-refractivity contribution >= 4 is 21.8 Å². The highest BCUT2D eigenvalue weighted by Crippen LogP contribution is 2.16. The number of H-pyrrole nitrogens is 1. The fourth-order valence-corrected chi connectivity index (χ4v) is 2.53. The van der Waals surface area contributed by atoms with Crippen molar-refractivity contribution in [3.8, 4) is 11.3 Å². The van der Waals surface area contributed by atoms with Gasteiger partial charge in [-0.3, -0.25) is 9.89 Å². The first-order chi connectivity index (χ1) is 11.2. The lowest BCUT2D eigenvalue weighted by Gasteiger charge is -2.06. The fourth-order valence-electron chi connectivity index (χ4n) is 2.27. The highest BCUT2D eigenvalue weighted by Gasteiger charge is 2.04. The lowest BCUT2D eigenvalue weighted by atomic mass is 10.1. The number of aromatic amines is 1. The fraction of sp³-hybridized carbons (Fsp3) is 0.111. The predicted octanol–water partition coefficient (Wildman–Crippen LogP) is 3.70. The van der Waals surface area contributed by atoms with E-state index in [1.165, 1.54) is 0 Å². The summed E-state index contributed by atoms with van der Waals surface area (Å²) in [5.41, 5.74) is 4.13. The summed E-state index contributed by atoms with van der Waals surface area (Å²) >= 11 is 3.39. The van der Waals surface area contributed by atoms with Gasteiger partial charge in [-0.05, 0) is 34.9 Å². The summed E-state index contributed by atoms with van der Waals surface area (Å²) in [6, 6.07) is 17.8. The second kappa shape index (κ2) is 7.24. The van der Waals surface area contributed by atoms with Gasteiger partial charge in [-0.1, -0.05) is 52.3 Å². The van der Waals surface area contributed by atoms with Crippen LogP contribution in [0.2, 0.25) is 0 Å². The Bertz CT molecular complexity index is 765. The Morgan fingerprint density at radius 1 is 1.00 bits per heavy atom. The number of nitrogens with one attached hydrogen (secondary N) is 2. The zero-order valence-corrected chi connectivity index (χ0v) is 14.0. The van der Waals surface area contributed by atoms with Crippen molar-refractivity contribution in [2.45, 2.75) is 13.0 Å². The van der Waals surface area contributed by atoms with Crippen LogP contribution in [0.1, 0.15) is 11.1 Å². The van der Waals surface area contributed by atoms with Gasteiger partial charge in [-0.15, -0.1) is 0 Å². The minimum atomic E-state index is 0.0185. The number of hydrogen-bond donors (Lipinski definition) is 2. The molecule has 1 aromatic heterocycles. The van der Waals surface area contributed by atoms with Crippen LogP contribution in [0.15, 0.2) is 65.3 Å². The summed E-state index contributed by atoms with van der Waals surface area (Å²) in [4.78, 5) is 12.0. The molecule has 0 aliphatic carbocycles. The molecular formula is C18H16BrN3O. The van der Waals surface area contributed by atoms with E-state index in [1.807, 2.05) is 54.6 Å². The van der Waals surface area contributed by atoms with Crippen molar-refractivity contribution in [3.63, 3.8) is 0 Å². The van der Waals surface area contributed by atoms with E-state index in [0.717, 1.165) is 26.9 Å². The molecule has 3 aromatic rings. The molecule has 2 aromatic carbocycles. The Morgan fingerprint density at radius 2 is 1.70 bits per heavy atom. The first-order valence-corrected chi connectivity index (χ1v) is 8.10. The quantitative estimate of drug-likeness (QED) is 0.720. The summed E-state index contributed by atoms with van der Waals surface area (Å²) in [6.07, 6.45) is 2.12. The third kappa shape index (κ3) is 4.29. The van der Waals surface area contributed by atoms with Crippen molar-refractivity contribution in [2.24, 2.45) is 0 Å². The third-order valence-corrected chi connectivity index (χ3v) is 4.06. The van der Waals surface area contributed by atoms with Crippen molar-refractivity contribution in [1.29, 1.82) is 0 Å². The topological polar surface area (TPSA) is 57.8 Å². The van der Waals surface area contributed by atoms with E-state index in [2.05, 4.69) is 31.4 Å². The Kier molecular flexibility index (Phi) is 4.88. The van der Waals surface area contributed by atoms with Crippen molar-refractivity contribution in [3.05, 3.63) is 76.4 Å². The number of halogens is 1. The standard InChI is InChI=1S/C18H16BrN3O/c19-16-7-3-13(4-8-16)11-18(23)20-12-14-1-5-15(6-2-14)17-9-10-21-22-17/h1-10H,11-12H2,(H,20,23)(H,21,22). The van der Waals surface area contributed by atoms with Gasteiger partial charge in [0.1, 0.15) is 0 Å². The molecule has 0 fully saturated rings. The average Bonchev–Trinajstić information content (AvgIpc) is 3.10. The van der Waals surface area contributed by atoms with Crippen LogP contribution in [0.3, 0.4) is 0 Å². The molecule has 0 saturated heterocycles. The van der Waals surface area contributed by atoms with Crippen LogP contribution in [0.25, 0.3) is 11.3 Å². The molecule has 1 heterocycles. The third-order valence-electron chi connectivity index (χ3n) is 3.53. The Balaban J connectivity index is 1.53. The van der Waals surface area contributed by atoms with Crippen LogP contribution < -0.4 is 5.32 Å². The maximum Gasteiger partial charge on any atom is 0.224 e. The van der Waals surface area contributed by atoms with Gasteiger partial charge in [0.05, 0.1) is 12.1 Å². The highest BCUT2D eigenvalue weighted by molar-refractivity contribution is 9.10. The SMILES string of the molecule is O=C(Cc1ccc(Br)cc1)NCc1ccc(-c2ccn[nH]2)cc1. The highest BCUT2D eigenvalue weighted by atomic mass is 79.9. The van der Waals surface area contributed by atoms with Gasteiger partial charge in [-0.25, -0.2) is 0 Å². The van der Waals surface area contributed by atoms with Crippen LogP contribution in [0.4, 0.5) is 0 Å². The van der Waals surface area contributed by atoms with E-state index in [9.17, 15) is 4.79 Å². The van der Waals surface area contributed by atoms with Crippen LogP contribution in [0.5, 0.6) is 0 Å². The van der Waals surface area contributed by atoms with Crippen molar-refractivity contribution < 1.29 is 4.79 Å². The number of carbonyl (C=O) groups is 1. The molecule has 0 radical (unpaired) electrons. The normalized spacial score (nSPS) is 10.5. The van der Waals surface area contributed by atoms with E-state index in [-0.39, 0.29) is 5.91 Å². The smallest absolute Gasteiger partial charge is 0.224 e. The molecule has 0 unspecified atom stereocenters. The lowest BCUT2D eigenvalue weighted by molar-refractivity contribution is -0.120.